The Morgan fingerprint density at radius 2 is 1.81 bits per heavy atom. The first-order chi connectivity index (χ1) is 9.90. The van der Waals surface area contributed by atoms with Crippen molar-refractivity contribution < 1.29 is 14.7 Å². The molecule has 0 saturated carbocycles. The highest BCUT2D eigenvalue weighted by molar-refractivity contribution is 7.98. The van der Waals surface area contributed by atoms with E-state index in [1.807, 2.05) is 36.4 Å². The Bertz CT molecular complexity index is 603. The molecule has 4 heteroatoms. The number of thioether (sulfide) groups is 1. The lowest BCUT2D eigenvalue weighted by atomic mass is 9.88. The number of benzene rings is 1. The molecular formula is C17H22NO2S+. The van der Waals surface area contributed by atoms with E-state index in [2.05, 4.69) is 20.8 Å². The largest absolute Gasteiger partial charge is 0.497 e. The maximum absolute atomic E-state index is 9.94. The predicted molar refractivity (Wildman–Crippen MR) is 85.1 cm³/mol. The van der Waals surface area contributed by atoms with Gasteiger partial charge in [0.2, 0.25) is 6.20 Å². The molecule has 1 N–H and O–H groups in total. The van der Waals surface area contributed by atoms with Crippen molar-refractivity contribution >= 4 is 11.8 Å². The minimum absolute atomic E-state index is 0.0731. The third kappa shape index (κ3) is 4.14. The Labute approximate surface area is 130 Å². The molecule has 0 amide bonds. The standard InChI is InChI=1S/C17H22NO2S/c1-17(2,3)14-9-10-18(19)16(11-14)21-12-13-5-7-15(20-4)8-6-13/h5-11,19H,12H2,1-4H3/q+1. The molecule has 0 aliphatic heterocycles. The van der Waals surface area contributed by atoms with Gasteiger partial charge in [0.1, 0.15) is 5.75 Å². The minimum Gasteiger partial charge on any atom is -0.497 e. The second-order valence-electron chi connectivity index (χ2n) is 5.98. The Kier molecular flexibility index (Phi) is 4.78. The van der Waals surface area contributed by atoms with Gasteiger partial charge in [0.05, 0.1) is 7.11 Å². The van der Waals surface area contributed by atoms with E-state index in [9.17, 15) is 5.21 Å². The molecule has 1 aromatic heterocycles. The fourth-order valence-corrected chi connectivity index (χ4v) is 2.84. The zero-order valence-corrected chi connectivity index (χ0v) is 13.8. The molecule has 0 unspecified atom stereocenters. The first kappa shape index (κ1) is 15.7. The summed E-state index contributed by atoms with van der Waals surface area (Å²) < 4.78 is 6.34. The molecule has 2 rings (SSSR count). The molecule has 0 saturated heterocycles. The van der Waals surface area contributed by atoms with Crippen molar-refractivity contribution in [3.05, 3.63) is 53.7 Å². The molecule has 1 heterocycles. The van der Waals surface area contributed by atoms with Gasteiger partial charge < -0.3 is 4.74 Å². The first-order valence-electron chi connectivity index (χ1n) is 6.91. The van der Waals surface area contributed by atoms with Gasteiger partial charge in [0.15, 0.2) is 0 Å². The topological polar surface area (TPSA) is 33.3 Å². The van der Waals surface area contributed by atoms with Gasteiger partial charge in [-0.3, -0.25) is 5.21 Å². The van der Waals surface area contributed by atoms with Gasteiger partial charge in [-0.15, -0.1) is 0 Å². The van der Waals surface area contributed by atoms with Crippen molar-refractivity contribution in [3.63, 3.8) is 0 Å². The number of nitrogens with zero attached hydrogens (tertiary/aromatic N) is 1. The summed E-state index contributed by atoms with van der Waals surface area (Å²) in [5.74, 6) is 1.66. The van der Waals surface area contributed by atoms with Crippen molar-refractivity contribution in [2.45, 2.75) is 37.0 Å². The molecule has 0 aliphatic rings. The maximum Gasteiger partial charge on any atom is 0.291 e. The molecule has 1 aromatic carbocycles. The molecule has 0 fully saturated rings. The van der Waals surface area contributed by atoms with Gasteiger partial charge in [0, 0.05) is 22.6 Å². The zero-order chi connectivity index (χ0) is 15.5. The fraction of sp³-hybridized carbons (Fsp3) is 0.353. The number of pyridine rings is 1. The lowest BCUT2D eigenvalue weighted by molar-refractivity contribution is -0.932. The number of hydrogen-bond donors (Lipinski definition) is 1. The van der Waals surface area contributed by atoms with Crippen molar-refractivity contribution in [2.24, 2.45) is 0 Å². The molecule has 0 spiro atoms. The molecule has 112 valence electrons. The highest BCUT2D eigenvalue weighted by Gasteiger charge is 2.19. The summed E-state index contributed by atoms with van der Waals surface area (Å²) in [6, 6.07) is 12.0. The average molecular weight is 304 g/mol. The van der Waals surface area contributed by atoms with E-state index in [0.29, 0.717) is 0 Å². The van der Waals surface area contributed by atoms with Crippen LogP contribution in [0.4, 0.5) is 0 Å². The molecule has 2 aromatic rings. The van der Waals surface area contributed by atoms with Crippen molar-refractivity contribution in [2.75, 3.05) is 7.11 Å². The van der Waals surface area contributed by atoms with E-state index in [-0.39, 0.29) is 5.41 Å². The highest BCUT2D eigenvalue weighted by atomic mass is 32.2. The third-order valence-electron chi connectivity index (χ3n) is 3.31. The van der Waals surface area contributed by atoms with E-state index in [1.165, 1.54) is 15.9 Å². The van der Waals surface area contributed by atoms with Crippen molar-refractivity contribution in [3.8, 4) is 5.75 Å². The van der Waals surface area contributed by atoms with Crippen LogP contribution in [-0.4, -0.2) is 12.3 Å². The van der Waals surface area contributed by atoms with Crippen LogP contribution in [0.5, 0.6) is 5.75 Å². The number of aromatic nitrogens is 1. The van der Waals surface area contributed by atoms with Gasteiger partial charge in [-0.05, 0) is 40.4 Å². The van der Waals surface area contributed by atoms with E-state index in [0.717, 1.165) is 16.5 Å². The summed E-state index contributed by atoms with van der Waals surface area (Å²) in [5, 5.41) is 10.8. The second-order valence-corrected chi connectivity index (χ2v) is 6.98. The highest BCUT2D eigenvalue weighted by Crippen LogP contribution is 2.26. The van der Waals surface area contributed by atoms with Gasteiger partial charge in [0.25, 0.3) is 5.03 Å². The van der Waals surface area contributed by atoms with E-state index in [1.54, 1.807) is 25.1 Å². The minimum atomic E-state index is 0.0731. The maximum atomic E-state index is 9.94. The van der Waals surface area contributed by atoms with Crippen LogP contribution in [0.1, 0.15) is 31.9 Å². The van der Waals surface area contributed by atoms with Crippen LogP contribution in [0.15, 0.2) is 47.6 Å². The second kappa shape index (κ2) is 6.39. The molecule has 0 radical (unpaired) electrons. The molecule has 21 heavy (non-hydrogen) atoms. The Morgan fingerprint density at radius 1 is 1.14 bits per heavy atom. The number of hydrogen-bond acceptors (Lipinski definition) is 3. The Hall–Kier alpha value is -1.68. The van der Waals surface area contributed by atoms with Crippen LogP contribution in [0, 0.1) is 0 Å². The van der Waals surface area contributed by atoms with Gasteiger partial charge in [-0.2, -0.15) is 0 Å². The molecule has 0 aliphatic carbocycles. The average Bonchev–Trinajstić information content (AvgIpc) is 2.45. The number of ether oxygens (including phenoxy) is 1. The Balaban J connectivity index is 2.11. The first-order valence-corrected chi connectivity index (χ1v) is 7.90. The van der Waals surface area contributed by atoms with Gasteiger partial charge >= 0.3 is 0 Å². The molecule has 0 atom stereocenters. The Morgan fingerprint density at radius 3 is 2.38 bits per heavy atom. The smallest absolute Gasteiger partial charge is 0.291 e. The van der Waals surface area contributed by atoms with Crippen molar-refractivity contribution in [1.82, 2.24) is 0 Å². The number of rotatable bonds is 4. The monoisotopic (exact) mass is 304 g/mol. The van der Waals surface area contributed by atoms with Crippen LogP contribution in [0.3, 0.4) is 0 Å². The van der Waals surface area contributed by atoms with Crippen LogP contribution in [-0.2, 0) is 11.2 Å². The predicted octanol–water partition coefficient (Wildman–Crippen LogP) is 3.81. The van der Waals surface area contributed by atoms with Crippen molar-refractivity contribution in [1.29, 1.82) is 0 Å². The number of methoxy groups -OCH3 is 1. The lowest BCUT2D eigenvalue weighted by Crippen LogP contribution is -2.33. The SMILES string of the molecule is COc1ccc(CSc2cc(C(C)(C)C)cc[n+]2O)cc1. The van der Waals surface area contributed by atoms with Crippen LogP contribution < -0.4 is 9.47 Å². The summed E-state index contributed by atoms with van der Waals surface area (Å²) >= 11 is 1.62. The summed E-state index contributed by atoms with van der Waals surface area (Å²) in [6.07, 6.45) is 1.71. The fourth-order valence-electron chi connectivity index (χ4n) is 1.92. The van der Waals surface area contributed by atoms with E-state index in [4.69, 9.17) is 4.74 Å². The van der Waals surface area contributed by atoms with Crippen LogP contribution in [0.2, 0.25) is 0 Å². The van der Waals surface area contributed by atoms with Crippen LogP contribution in [0.25, 0.3) is 0 Å². The summed E-state index contributed by atoms with van der Waals surface area (Å²) in [7, 11) is 1.66. The van der Waals surface area contributed by atoms with E-state index < -0.39 is 0 Å². The van der Waals surface area contributed by atoms with Crippen LogP contribution >= 0.6 is 11.8 Å². The molecular weight excluding hydrogens is 282 g/mol. The zero-order valence-electron chi connectivity index (χ0n) is 13.0. The summed E-state index contributed by atoms with van der Waals surface area (Å²) in [4.78, 5) is 0. The van der Waals surface area contributed by atoms with Gasteiger partial charge in [-0.1, -0.05) is 32.9 Å². The lowest BCUT2D eigenvalue weighted by Gasteiger charge is -2.17. The normalized spacial score (nSPS) is 11.4. The third-order valence-corrected chi connectivity index (χ3v) is 4.39. The summed E-state index contributed by atoms with van der Waals surface area (Å²) in [6.45, 7) is 6.51. The molecule has 0 bridgehead atoms. The van der Waals surface area contributed by atoms with E-state index >= 15 is 0 Å². The summed E-state index contributed by atoms with van der Waals surface area (Å²) in [5.41, 5.74) is 2.48. The van der Waals surface area contributed by atoms with Gasteiger partial charge in [-0.25, -0.2) is 0 Å². The molecule has 3 nitrogen and oxygen atoms in total. The quantitative estimate of drug-likeness (QED) is 0.530.